The first-order valence-electron chi connectivity index (χ1n) is 9.94. The van der Waals surface area contributed by atoms with E-state index in [9.17, 15) is 4.79 Å². The third-order valence-electron chi connectivity index (χ3n) is 5.68. The molecule has 1 amide bonds. The molecule has 2 aliphatic rings. The third-order valence-corrected chi connectivity index (χ3v) is 5.68. The predicted octanol–water partition coefficient (Wildman–Crippen LogP) is 3.85. The molecule has 1 aromatic carbocycles. The minimum Gasteiger partial charge on any atom is -0.362 e. The molecule has 1 aliphatic heterocycles. The molecule has 138 valence electrons. The van der Waals surface area contributed by atoms with Gasteiger partial charge in [0.05, 0.1) is 12.7 Å². The van der Waals surface area contributed by atoms with Crippen LogP contribution in [0.5, 0.6) is 0 Å². The highest BCUT2D eigenvalue weighted by Crippen LogP contribution is 2.27. The quantitative estimate of drug-likeness (QED) is 0.889. The lowest BCUT2D eigenvalue weighted by Crippen LogP contribution is -2.37. The summed E-state index contributed by atoms with van der Waals surface area (Å²) in [6.07, 6.45) is 10.5. The summed E-state index contributed by atoms with van der Waals surface area (Å²) >= 11 is 0. The second-order valence-corrected chi connectivity index (χ2v) is 7.60. The third kappa shape index (κ3) is 3.92. The van der Waals surface area contributed by atoms with Crippen molar-refractivity contribution in [2.24, 2.45) is 5.92 Å². The molecule has 0 unspecified atom stereocenters. The Kier molecular flexibility index (Phi) is 5.23. The van der Waals surface area contributed by atoms with E-state index in [1.54, 1.807) is 6.20 Å². The monoisotopic (exact) mass is 352 g/mol. The Hall–Kier alpha value is -2.30. The van der Waals surface area contributed by atoms with Gasteiger partial charge in [0, 0.05) is 24.8 Å². The second-order valence-electron chi connectivity index (χ2n) is 7.60. The van der Waals surface area contributed by atoms with Gasteiger partial charge in [-0.05, 0) is 43.2 Å². The van der Waals surface area contributed by atoms with E-state index in [2.05, 4.69) is 33.5 Å². The average Bonchev–Trinajstić information content (AvgIpc) is 3.09. The highest BCUT2D eigenvalue weighted by Gasteiger charge is 2.20. The number of aromatic nitrogens is 2. The van der Waals surface area contributed by atoms with E-state index in [1.165, 1.54) is 43.4 Å². The standard InChI is InChI=1S/C21H28N4O/c26-21(16-24-14-6-10-18-9-4-5-11-19(18)24)23-20-12-13-22-25(20)15-17-7-2-1-3-8-17/h4-5,9,11-13,17H,1-3,6-8,10,14-16H2,(H,23,26). The summed E-state index contributed by atoms with van der Waals surface area (Å²) in [5.74, 6) is 1.55. The smallest absolute Gasteiger partial charge is 0.245 e. The van der Waals surface area contributed by atoms with Crippen LogP contribution in [0.15, 0.2) is 36.5 Å². The van der Waals surface area contributed by atoms with Gasteiger partial charge in [0.1, 0.15) is 5.82 Å². The summed E-state index contributed by atoms with van der Waals surface area (Å²) in [7, 11) is 0. The molecule has 1 aliphatic carbocycles. The van der Waals surface area contributed by atoms with Crippen LogP contribution in [0.1, 0.15) is 44.1 Å². The van der Waals surface area contributed by atoms with Crippen LogP contribution in [0.25, 0.3) is 0 Å². The Balaban J connectivity index is 1.38. The number of hydrogen-bond donors (Lipinski definition) is 1. The van der Waals surface area contributed by atoms with E-state index in [0.29, 0.717) is 12.5 Å². The number of anilines is 2. The molecule has 0 radical (unpaired) electrons. The normalized spacial score (nSPS) is 17.8. The van der Waals surface area contributed by atoms with Gasteiger partial charge in [-0.3, -0.25) is 4.79 Å². The van der Waals surface area contributed by atoms with E-state index < -0.39 is 0 Å². The molecule has 0 saturated heterocycles. The molecule has 1 fully saturated rings. The van der Waals surface area contributed by atoms with Crippen LogP contribution < -0.4 is 10.2 Å². The second kappa shape index (κ2) is 7.94. The van der Waals surface area contributed by atoms with E-state index >= 15 is 0 Å². The van der Waals surface area contributed by atoms with Crippen molar-refractivity contribution in [1.29, 1.82) is 0 Å². The number of fused-ring (bicyclic) bond motifs is 1. The molecular weight excluding hydrogens is 324 g/mol. The summed E-state index contributed by atoms with van der Waals surface area (Å²) in [4.78, 5) is 14.8. The van der Waals surface area contributed by atoms with Gasteiger partial charge in [0.15, 0.2) is 0 Å². The van der Waals surface area contributed by atoms with E-state index in [1.807, 2.05) is 16.8 Å². The minimum absolute atomic E-state index is 0.0343. The first-order valence-corrected chi connectivity index (χ1v) is 9.94. The number of para-hydroxylation sites is 1. The van der Waals surface area contributed by atoms with E-state index in [4.69, 9.17) is 0 Å². The summed E-state index contributed by atoms with van der Waals surface area (Å²) in [6.45, 7) is 2.24. The molecule has 1 N–H and O–H groups in total. The van der Waals surface area contributed by atoms with E-state index in [0.717, 1.165) is 31.7 Å². The first-order chi connectivity index (χ1) is 12.8. The summed E-state index contributed by atoms with van der Waals surface area (Å²) in [5.41, 5.74) is 2.54. The molecule has 0 spiro atoms. The number of rotatable bonds is 5. The van der Waals surface area contributed by atoms with Crippen molar-refractivity contribution < 1.29 is 4.79 Å². The number of nitrogens with one attached hydrogen (secondary N) is 1. The average molecular weight is 352 g/mol. The summed E-state index contributed by atoms with van der Waals surface area (Å²) in [5, 5.41) is 7.51. The van der Waals surface area contributed by atoms with Crippen LogP contribution in [0, 0.1) is 5.92 Å². The molecular formula is C21H28N4O. The van der Waals surface area contributed by atoms with Gasteiger partial charge in [0.25, 0.3) is 0 Å². The maximum absolute atomic E-state index is 12.6. The van der Waals surface area contributed by atoms with Crippen molar-refractivity contribution in [3.63, 3.8) is 0 Å². The number of nitrogens with zero attached hydrogens (tertiary/aromatic N) is 3. The van der Waals surface area contributed by atoms with Gasteiger partial charge in [-0.2, -0.15) is 5.10 Å². The van der Waals surface area contributed by atoms with Crippen molar-refractivity contribution in [1.82, 2.24) is 9.78 Å². The fourth-order valence-electron chi connectivity index (χ4n) is 4.33. The zero-order chi connectivity index (χ0) is 17.8. The molecule has 2 heterocycles. The minimum atomic E-state index is 0.0343. The fraction of sp³-hybridized carbons (Fsp3) is 0.524. The zero-order valence-corrected chi connectivity index (χ0v) is 15.4. The van der Waals surface area contributed by atoms with Crippen LogP contribution in [-0.2, 0) is 17.8 Å². The van der Waals surface area contributed by atoms with Crippen molar-refractivity contribution >= 4 is 17.4 Å². The highest BCUT2D eigenvalue weighted by molar-refractivity contribution is 5.93. The Morgan fingerprint density at radius 2 is 1.96 bits per heavy atom. The lowest BCUT2D eigenvalue weighted by Gasteiger charge is -2.30. The Bertz CT molecular complexity index is 748. The van der Waals surface area contributed by atoms with Crippen LogP contribution in [0.4, 0.5) is 11.5 Å². The van der Waals surface area contributed by atoms with Crippen molar-refractivity contribution in [3.8, 4) is 0 Å². The number of carbonyl (C=O) groups excluding carboxylic acids is 1. The van der Waals surface area contributed by atoms with Crippen LogP contribution in [0.3, 0.4) is 0 Å². The highest BCUT2D eigenvalue weighted by atomic mass is 16.2. The van der Waals surface area contributed by atoms with Crippen molar-refractivity contribution in [2.45, 2.75) is 51.5 Å². The molecule has 0 atom stereocenters. The van der Waals surface area contributed by atoms with E-state index in [-0.39, 0.29) is 5.91 Å². The maximum Gasteiger partial charge on any atom is 0.245 e. The molecule has 1 saturated carbocycles. The number of benzene rings is 1. The van der Waals surface area contributed by atoms with Gasteiger partial charge in [0.2, 0.25) is 5.91 Å². The van der Waals surface area contributed by atoms with Crippen LogP contribution >= 0.6 is 0 Å². The van der Waals surface area contributed by atoms with Gasteiger partial charge < -0.3 is 10.2 Å². The van der Waals surface area contributed by atoms with Crippen LogP contribution in [-0.4, -0.2) is 28.8 Å². The maximum atomic E-state index is 12.6. The number of carbonyl (C=O) groups is 1. The number of amides is 1. The van der Waals surface area contributed by atoms with Gasteiger partial charge in [-0.25, -0.2) is 4.68 Å². The zero-order valence-electron chi connectivity index (χ0n) is 15.4. The molecule has 1 aromatic heterocycles. The largest absolute Gasteiger partial charge is 0.362 e. The topological polar surface area (TPSA) is 50.2 Å². The molecule has 4 rings (SSSR count). The predicted molar refractivity (Wildman–Crippen MR) is 104 cm³/mol. The Labute approximate surface area is 155 Å². The summed E-state index contributed by atoms with van der Waals surface area (Å²) < 4.78 is 1.97. The number of aryl methyl sites for hydroxylation is 1. The van der Waals surface area contributed by atoms with Crippen molar-refractivity contribution in [2.75, 3.05) is 23.3 Å². The summed E-state index contributed by atoms with van der Waals surface area (Å²) in [6, 6.07) is 10.3. The Morgan fingerprint density at radius 1 is 1.12 bits per heavy atom. The van der Waals surface area contributed by atoms with Gasteiger partial charge >= 0.3 is 0 Å². The molecule has 5 heteroatoms. The molecule has 2 aromatic rings. The van der Waals surface area contributed by atoms with Gasteiger partial charge in [-0.15, -0.1) is 0 Å². The molecule has 0 bridgehead atoms. The van der Waals surface area contributed by atoms with Crippen molar-refractivity contribution in [3.05, 3.63) is 42.1 Å². The Morgan fingerprint density at radius 3 is 2.85 bits per heavy atom. The first kappa shape index (κ1) is 17.1. The molecule has 5 nitrogen and oxygen atoms in total. The number of hydrogen-bond acceptors (Lipinski definition) is 3. The fourth-order valence-corrected chi connectivity index (χ4v) is 4.33. The lowest BCUT2D eigenvalue weighted by atomic mass is 9.89. The molecule has 26 heavy (non-hydrogen) atoms. The van der Waals surface area contributed by atoms with Crippen LogP contribution in [0.2, 0.25) is 0 Å². The lowest BCUT2D eigenvalue weighted by molar-refractivity contribution is -0.115. The van der Waals surface area contributed by atoms with Gasteiger partial charge in [-0.1, -0.05) is 37.5 Å². The SMILES string of the molecule is O=C(CN1CCCc2ccccc21)Nc1ccnn1CC1CCCCC1.